The van der Waals surface area contributed by atoms with Crippen molar-refractivity contribution < 1.29 is 5.11 Å². The van der Waals surface area contributed by atoms with E-state index in [9.17, 15) is 5.11 Å². The van der Waals surface area contributed by atoms with E-state index in [1.165, 1.54) is 11.1 Å². The Morgan fingerprint density at radius 1 is 1.07 bits per heavy atom. The van der Waals surface area contributed by atoms with Crippen LogP contribution >= 0.6 is 11.6 Å². The molecule has 1 aliphatic rings. The number of anilines is 1. The Balaban J connectivity index is 1.60. The molecule has 0 amide bonds. The predicted octanol–water partition coefficient (Wildman–Crippen LogP) is 4.45. The summed E-state index contributed by atoms with van der Waals surface area (Å²) < 4.78 is 0. The van der Waals surface area contributed by atoms with E-state index in [4.69, 9.17) is 16.6 Å². The van der Waals surface area contributed by atoms with Crippen molar-refractivity contribution in [1.29, 1.82) is 0 Å². The van der Waals surface area contributed by atoms with Gasteiger partial charge >= 0.3 is 0 Å². The lowest BCUT2D eigenvalue weighted by Crippen LogP contribution is -2.37. The number of hydrogen-bond donors (Lipinski definition) is 2. The van der Waals surface area contributed by atoms with Crippen LogP contribution in [0.5, 0.6) is 0 Å². The third-order valence-corrected chi connectivity index (χ3v) is 5.75. The molecule has 0 unspecified atom stereocenters. The highest BCUT2D eigenvalue weighted by atomic mass is 35.5. The lowest BCUT2D eigenvalue weighted by molar-refractivity contribution is 0.145. The SMILES string of the molecule is Cc1ccc2cc(CNCc3ccccc3Cl)c(N3CCC(O)CC3)nc2c1. The first-order chi connectivity index (χ1) is 13.6. The molecule has 1 aromatic heterocycles. The summed E-state index contributed by atoms with van der Waals surface area (Å²) in [5, 5.41) is 15.3. The number of nitrogens with one attached hydrogen (secondary N) is 1. The summed E-state index contributed by atoms with van der Waals surface area (Å²) in [5.41, 5.74) is 4.51. The molecule has 0 radical (unpaired) electrons. The minimum Gasteiger partial charge on any atom is -0.393 e. The standard InChI is InChI=1S/C23H26ClN3O/c1-16-6-7-17-13-19(15-25-14-18-4-2-3-5-21(18)24)23(26-22(17)12-16)27-10-8-20(28)9-11-27/h2-7,12-13,20,25,28H,8-11,14-15H2,1H3. The second-order valence-corrected chi connectivity index (χ2v) is 7.99. The van der Waals surface area contributed by atoms with E-state index in [1.807, 2.05) is 24.3 Å². The number of fused-ring (bicyclic) bond motifs is 1. The number of piperidine rings is 1. The Bertz CT molecular complexity index is 967. The molecule has 1 saturated heterocycles. The topological polar surface area (TPSA) is 48.4 Å². The number of benzene rings is 2. The van der Waals surface area contributed by atoms with E-state index in [0.717, 1.165) is 59.8 Å². The van der Waals surface area contributed by atoms with Crippen LogP contribution in [-0.2, 0) is 13.1 Å². The minimum absolute atomic E-state index is 0.194. The molecule has 2 heterocycles. The van der Waals surface area contributed by atoms with Crippen molar-refractivity contribution in [2.45, 2.75) is 39.0 Å². The molecular weight excluding hydrogens is 370 g/mol. The maximum absolute atomic E-state index is 9.87. The van der Waals surface area contributed by atoms with Crippen molar-refractivity contribution in [1.82, 2.24) is 10.3 Å². The van der Waals surface area contributed by atoms with Crippen molar-refractivity contribution >= 4 is 28.3 Å². The van der Waals surface area contributed by atoms with Gasteiger partial charge < -0.3 is 15.3 Å². The largest absolute Gasteiger partial charge is 0.393 e. The molecule has 2 N–H and O–H groups in total. The van der Waals surface area contributed by atoms with Crippen LogP contribution in [0.15, 0.2) is 48.5 Å². The van der Waals surface area contributed by atoms with Gasteiger partial charge in [0, 0.05) is 42.2 Å². The first-order valence-electron chi connectivity index (χ1n) is 9.87. The van der Waals surface area contributed by atoms with Crippen LogP contribution in [0.3, 0.4) is 0 Å². The van der Waals surface area contributed by atoms with E-state index >= 15 is 0 Å². The monoisotopic (exact) mass is 395 g/mol. The highest BCUT2D eigenvalue weighted by Gasteiger charge is 2.21. The second-order valence-electron chi connectivity index (χ2n) is 7.58. The molecule has 4 nitrogen and oxygen atoms in total. The van der Waals surface area contributed by atoms with E-state index in [0.29, 0.717) is 6.54 Å². The van der Waals surface area contributed by atoms with Gasteiger partial charge in [-0.25, -0.2) is 4.98 Å². The molecule has 3 aromatic rings. The molecule has 146 valence electrons. The number of aryl methyl sites for hydroxylation is 1. The van der Waals surface area contributed by atoms with Crippen molar-refractivity contribution in [3.63, 3.8) is 0 Å². The molecule has 1 aliphatic heterocycles. The molecule has 5 heteroatoms. The van der Waals surface area contributed by atoms with Gasteiger partial charge in [-0.1, -0.05) is 41.9 Å². The van der Waals surface area contributed by atoms with Crippen LogP contribution < -0.4 is 10.2 Å². The Morgan fingerprint density at radius 3 is 2.61 bits per heavy atom. The highest BCUT2D eigenvalue weighted by molar-refractivity contribution is 6.31. The minimum atomic E-state index is -0.194. The number of pyridine rings is 1. The van der Waals surface area contributed by atoms with Crippen molar-refractivity contribution in [3.05, 3.63) is 70.2 Å². The van der Waals surface area contributed by atoms with E-state index in [-0.39, 0.29) is 6.10 Å². The second kappa shape index (κ2) is 8.48. The summed E-state index contributed by atoms with van der Waals surface area (Å²) in [6.45, 7) is 5.20. The van der Waals surface area contributed by atoms with E-state index in [2.05, 4.69) is 41.4 Å². The average molecular weight is 396 g/mol. The van der Waals surface area contributed by atoms with Gasteiger partial charge in [0.2, 0.25) is 0 Å². The van der Waals surface area contributed by atoms with Gasteiger partial charge in [-0.2, -0.15) is 0 Å². The lowest BCUT2D eigenvalue weighted by Gasteiger charge is -2.32. The molecule has 0 atom stereocenters. The average Bonchev–Trinajstić information content (AvgIpc) is 2.70. The van der Waals surface area contributed by atoms with Crippen LogP contribution in [0, 0.1) is 6.92 Å². The molecule has 2 aromatic carbocycles. The first kappa shape index (κ1) is 19.2. The third-order valence-electron chi connectivity index (χ3n) is 5.38. The molecule has 0 spiro atoms. The maximum atomic E-state index is 9.87. The number of rotatable bonds is 5. The summed E-state index contributed by atoms with van der Waals surface area (Å²) in [6, 6.07) is 16.6. The van der Waals surface area contributed by atoms with Crippen molar-refractivity contribution in [2.75, 3.05) is 18.0 Å². The van der Waals surface area contributed by atoms with Gasteiger partial charge in [-0.05, 0) is 49.1 Å². The number of nitrogens with zero attached hydrogens (tertiary/aromatic N) is 2. The maximum Gasteiger partial charge on any atom is 0.133 e. The summed E-state index contributed by atoms with van der Waals surface area (Å²) in [7, 11) is 0. The number of aromatic nitrogens is 1. The fourth-order valence-electron chi connectivity index (χ4n) is 3.77. The van der Waals surface area contributed by atoms with Gasteiger partial charge in [-0.3, -0.25) is 0 Å². The Labute approximate surface area is 171 Å². The number of hydrogen-bond acceptors (Lipinski definition) is 4. The summed E-state index contributed by atoms with van der Waals surface area (Å²) in [4.78, 5) is 7.31. The molecule has 28 heavy (non-hydrogen) atoms. The van der Waals surface area contributed by atoms with E-state index in [1.54, 1.807) is 0 Å². The molecule has 4 rings (SSSR count). The smallest absolute Gasteiger partial charge is 0.133 e. The fourth-order valence-corrected chi connectivity index (χ4v) is 3.97. The van der Waals surface area contributed by atoms with Crippen LogP contribution in [-0.4, -0.2) is 29.3 Å². The quantitative estimate of drug-likeness (QED) is 0.670. The van der Waals surface area contributed by atoms with Crippen LogP contribution in [0.4, 0.5) is 5.82 Å². The van der Waals surface area contributed by atoms with Gasteiger partial charge in [0.1, 0.15) is 5.82 Å². The first-order valence-corrected chi connectivity index (χ1v) is 10.3. The summed E-state index contributed by atoms with van der Waals surface area (Å²) in [5.74, 6) is 1.02. The fraction of sp³-hybridized carbons (Fsp3) is 0.348. The highest BCUT2D eigenvalue weighted by Crippen LogP contribution is 2.27. The number of aliphatic hydroxyl groups is 1. The molecular formula is C23H26ClN3O. The molecule has 0 aliphatic carbocycles. The molecule has 0 saturated carbocycles. The normalized spacial score (nSPS) is 15.3. The van der Waals surface area contributed by atoms with Crippen molar-refractivity contribution in [2.24, 2.45) is 0 Å². The zero-order valence-corrected chi connectivity index (χ0v) is 16.9. The number of halogens is 1. The van der Waals surface area contributed by atoms with Gasteiger partial charge in [0.25, 0.3) is 0 Å². The van der Waals surface area contributed by atoms with Gasteiger partial charge in [-0.15, -0.1) is 0 Å². The number of aliphatic hydroxyl groups excluding tert-OH is 1. The van der Waals surface area contributed by atoms with E-state index < -0.39 is 0 Å². The van der Waals surface area contributed by atoms with Crippen LogP contribution in [0.1, 0.15) is 29.5 Å². The molecule has 0 bridgehead atoms. The predicted molar refractivity (Wildman–Crippen MR) is 116 cm³/mol. The third kappa shape index (κ3) is 4.30. The Morgan fingerprint density at radius 2 is 1.82 bits per heavy atom. The summed E-state index contributed by atoms with van der Waals surface area (Å²) in [6.07, 6.45) is 1.39. The lowest BCUT2D eigenvalue weighted by atomic mass is 10.1. The summed E-state index contributed by atoms with van der Waals surface area (Å²) >= 11 is 6.28. The zero-order valence-electron chi connectivity index (χ0n) is 16.2. The van der Waals surface area contributed by atoms with Crippen molar-refractivity contribution in [3.8, 4) is 0 Å². The van der Waals surface area contributed by atoms with Gasteiger partial charge in [0.05, 0.1) is 11.6 Å². The Kier molecular flexibility index (Phi) is 5.81. The van der Waals surface area contributed by atoms with Crippen LogP contribution in [0.2, 0.25) is 5.02 Å². The zero-order chi connectivity index (χ0) is 19.5. The van der Waals surface area contributed by atoms with Gasteiger partial charge in [0.15, 0.2) is 0 Å². The van der Waals surface area contributed by atoms with Crippen LogP contribution in [0.25, 0.3) is 10.9 Å². The Hall–Kier alpha value is -2.14. The molecule has 1 fully saturated rings.